The van der Waals surface area contributed by atoms with Crippen LogP contribution in [0, 0.1) is 0 Å². The van der Waals surface area contributed by atoms with Gasteiger partial charge < -0.3 is 9.67 Å². The fourth-order valence-corrected chi connectivity index (χ4v) is 2.69. The highest BCUT2D eigenvalue weighted by atomic mass is 16.4. The normalized spacial score (nSPS) is 18.8. The molecule has 0 bridgehead atoms. The standard InChI is InChI=1S/C13H15NO3/c15-12-11(13(16)17)10-4-2-1-3-8(10)7-14(12)9-5-6-9/h7,9H,1-6H2,(H,16,17). The maximum absolute atomic E-state index is 12.1. The van der Waals surface area contributed by atoms with Crippen LogP contribution in [0.25, 0.3) is 0 Å². The highest BCUT2D eigenvalue weighted by Gasteiger charge is 2.29. The lowest BCUT2D eigenvalue weighted by molar-refractivity contribution is 0.0692. The third-order valence-electron chi connectivity index (χ3n) is 3.71. The zero-order valence-electron chi connectivity index (χ0n) is 9.61. The molecule has 4 heteroatoms. The molecular weight excluding hydrogens is 218 g/mol. The van der Waals surface area contributed by atoms with Crippen molar-refractivity contribution >= 4 is 5.97 Å². The summed E-state index contributed by atoms with van der Waals surface area (Å²) >= 11 is 0. The van der Waals surface area contributed by atoms with Gasteiger partial charge >= 0.3 is 5.97 Å². The van der Waals surface area contributed by atoms with Gasteiger partial charge in [-0.2, -0.15) is 0 Å². The van der Waals surface area contributed by atoms with Gasteiger partial charge in [-0.05, 0) is 49.7 Å². The molecule has 0 unspecified atom stereocenters. The summed E-state index contributed by atoms with van der Waals surface area (Å²) in [5.74, 6) is -1.07. The van der Waals surface area contributed by atoms with Crippen LogP contribution in [-0.2, 0) is 12.8 Å². The molecule has 0 amide bonds. The molecule has 1 fully saturated rings. The van der Waals surface area contributed by atoms with E-state index in [-0.39, 0.29) is 17.2 Å². The van der Waals surface area contributed by atoms with Crippen LogP contribution < -0.4 is 5.56 Å². The zero-order chi connectivity index (χ0) is 12.0. The maximum Gasteiger partial charge on any atom is 0.341 e. The van der Waals surface area contributed by atoms with Crippen molar-refractivity contribution in [1.29, 1.82) is 0 Å². The van der Waals surface area contributed by atoms with Gasteiger partial charge in [0.2, 0.25) is 0 Å². The second-order valence-corrected chi connectivity index (χ2v) is 4.96. The van der Waals surface area contributed by atoms with Crippen LogP contribution in [0.1, 0.15) is 53.2 Å². The van der Waals surface area contributed by atoms with E-state index in [9.17, 15) is 14.7 Å². The smallest absolute Gasteiger partial charge is 0.341 e. The first-order valence-corrected chi connectivity index (χ1v) is 6.18. The fourth-order valence-electron chi connectivity index (χ4n) is 2.69. The van der Waals surface area contributed by atoms with E-state index in [1.807, 2.05) is 6.20 Å². The summed E-state index contributed by atoms with van der Waals surface area (Å²) in [6.07, 6.45) is 7.62. The summed E-state index contributed by atoms with van der Waals surface area (Å²) in [7, 11) is 0. The Kier molecular flexibility index (Phi) is 2.31. The summed E-state index contributed by atoms with van der Waals surface area (Å²) in [6.45, 7) is 0. The Morgan fingerprint density at radius 3 is 2.65 bits per heavy atom. The lowest BCUT2D eigenvalue weighted by Gasteiger charge is -2.19. The van der Waals surface area contributed by atoms with Crippen LogP contribution in [0.3, 0.4) is 0 Å². The molecule has 1 aromatic rings. The van der Waals surface area contributed by atoms with Crippen LogP contribution in [0.15, 0.2) is 11.0 Å². The Morgan fingerprint density at radius 1 is 1.29 bits per heavy atom. The summed E-state index contributed by atoms with van der Waals surface area (Å²) < 4.78 is 1.65. The van der Waals surface area contributed by atoms with Crippen molar-refractivity contribution in [2.45, 2.75) is 44.6 Å². The van der Waals surface area contributed by atoms with E-state index in [1.165, 1.54) is 0 Å². The number of rotatable bonds is 2. The van der Waals surface area contributed by atoms with Gasteiger partial charge in [-0.15, -0.1) is 0 Å². The Balaban J connectivity index is 2.25. The Labute approximate surface area is 98.9 Å². The van der Waals surface area contributed by atoms with Crippen molar-refractivity contribution in [3.63, 3.8) is 0 Å². The molecule has 1 N–H and O–H groups in total. The minimum Gasteiger partial charge on any atom is -0.477 e. The number of aromatic nitrogens is 1. The van der Waals surface area contributed by atoms with Crippen LogP contribution >= 0.6 is 0 Å². The van der Waals surface area contributed by atoms with E-state index in [0.29, 0.717) is 0 Å². The summed E-state index contributed by atoms with van der Waals surface area (Å²) in [6, 6.07) is 0.243. The van der Waals surface area contributed by atoms with Crippen LogP contribution in [0.5, 0.6) is 0 Å². The minimum atomic E-state index is -1.07. The van der Waals surface area contributed by atoms with Crippen molar-refractivity contribution in [2.24, 2.45) is 0 Å². The number of aromatic carboxylic acids is 1. The van der Waals surface area contributed by atoms with E-state index >= 15 is 0 Å². The molecule has 1 heterocycles. The Morgan fingerprint density at radius 2 is 2.00 bits per heavy atom. The van der Waals surface area contributed by atoms with Crippen molar-refractivity contribution < 1.29 is 9.90 Å². The number of pyridine rings is 1. The average Bonchev–Trinajstić information content (AvgIpc) is 3.11. The number of hydrogen-bond acceptors (Lipinski definition) is 2. The van der Waals surface area contributed by atoms with E-state index < -0.39 is 5.97 Å². The molecular formula is C13H15NO3. The number of carboxylic acid groups (broad SMARTS) is 1. The average molecular weight is 233 g/mol. The van der Waals surface area contributed by atoms with Gasteiger partial charge in [-0.25, -0.2) is 4.79 Å². The first-order chi connectivity index (χ1) is 8.18. The summed E-state index contributed by atoms with van der Waals surface area (Å²) in [5, 5.41) is 9.23. The molecule has 1 aromatic heterocycles. The molecule has 4 nitrogen and oxygen atoms in total. The highest BCUT2D eigenvalue weighted by Crippen LogP contribution is 2.35. The van der Waals surface area contributed by atoms with E-state index in [4.69, 9.17) is 0 Å². The minimum absolute atomic E-state index is 0.0223. The molecule has 0 aliphatic heterocycles. The largest absolute Gasteiger partial charge is 0.477 e. The van der Waals surface area contributed by atoms with Crippen molar-refractivity contribution in [3.8, 4) is 0 Å². The van der Waals surface area contributed by atoms with Crippen molar-refractivity contribution in [3.05, 3.63) is 33.2 Å². The van der Waals surface area contributed by atoms with Gasteiger partial charge in [0.1, 0.15) is 5.56 Å². The number of carboxylic acids is 1. The van der Waals surface area contributed by atoms with Crippen molar-refractivity contribution in [1.82, 2.24) is 4.57 Å². The zero-order valence-corrected chi connectivity index (χ0v) is 9.61. The topological polar surface area (TPSA) is 59.3 Å². The molecule has 3 rings (SSSR count). The number of hydrogen-bond donors (Lipinski definition) is 1. The first kappa shape index (κ1) is 10.6. The van der Waals surface area contributed by atoms with Gasteiger partial charge in [0.25, 0.3) is 5.56 Å². The molecule has 17 heavy (non-hydrogen) atoms. The molecule has 1 saturated carbocycles. The fraction of sp³-hybridized carbons (Fsp3) is 0.538. The van der Waals surface area contributed by atoms with Crippen LogP contribution in [0.2, 0.25) is 0 Å². The van der Waals surface area contributed by atoms with Gasteiger partial charge in [-0.1, -0.05) is 0 Å². The molecule has 90 valence electrons. The SMILES string of the molecule is O=C(O)c1c2c(cn(C3CC3)c1=O)CCCC2. The number of carbonyl (C=O) groups is 1. The van der Waals surface area contributed by atoms with Crippen LogP contribution in [-0.4, -0.2) is 15.6 Å². The number of aryl methyl sites for hydroxylation is 1. The van der Waals surface area contributed by atoms with Gasteiger partial charge in [0.05, 0.1) is 0 Å². The van der Waals surface area contributed by atoms with E-state index in [2.05, 4.69) is 0 Å². The predicted octanol–water partition coefficient (Wildman–Crippen LogP) is 1.76. The molecule has 0 radical (unpaired) electrons. The Bertz CT molecular complexity index is 540. The molecule has 0 aromatic carbocycles. The lowest BCUT2D eigenvalue weighted by Crippen LogP contribution is -2.30. The van der Waals surface area contributed by atoms with Gasteiger partial charge in [-0.3, -0.25) is 4.79 Å². The third-order valence-corrected chi connectivity index (χ3v) is 3.71. The van der Waals surface area contributed by atoms with E-state index in [0.717, 1.165) is 49.7 Å². The maximum atomic E-state index is 12.1. The third kappa shape index (κ3) is 1.68. The summed E-state index contributed by atoms with van der Waals surface area (Å²) in [4.78, 5) is 23.4. The van der Waals surface area contributed by atoms with Gasteiger partial charge in [0.15, 0.2) is 0 Å². The summed E-state index contributed by atoms with van der Waals surface area (Å²) in [5.41, 5.74) is 1.57. The van der Waals surface area contributed by atoms with Crippen molar-refractivity contribution in [2.75, 3.05) is 0 Å². The quantitative estimate of drug-likeness (QED) is 0.846. The number of fused-ring (bicyclic) bond motifs is 1. The first-order valence-electron chi connectivity index (χ1n) is 6.18. The second kappa shape index (κ2) is 3.72. The predicted molar refractivity (Wildman–Crippen MR) is 62.6 cm³/mol. The lowest BCUT2D eigenvalue weighted by atomic mass is 9.90. The highest BCUT2D eigenvalue weighted by molar-refractivity contribution is 5.89. The van der Waals surface area contributed by atoms with Crippen LogP contribution in [0.4, 0.5) is 0 Å². The molecule has 2 aliphatic rings. The second-order valence-electron chi connectivity index (χ2n) is 4.96. The molecule has 2 aliphatic carbocycles. The molecule has 0 saturated heterocycles. The van der Waals surface area contributed by atoms with Gasteiger partial charge in [0, 0.05) is 12.2 Å². The number of nitrogens with zero attached hydrogens (tertiary/aromatic N) is 1. The molecule has 0 atom stereocenters. The monoisotopic (exact) mass is 233 g/mol. The molecule has 0 spiro atoms. The van der Waals surface area contributed by atoms with E-state index in [1.54, 1.807) is 4.57 Å². The Hall–Kier alpha value is -1.58.